The molecule has 3 rings (SSSR count). The molecule has 0 amide bonds. The van der Waals surface area contributed by atoms with Gasteiger partial charge < -0.3 is 15.6 Å². The van der Waals surface area contributed by atoms with Gasteiger partial charge in [-0.2, -0.15) is 0 Å². The molecule has 2 atom stereocenters. The number of carboxylic acids is 1. The van der Waals surface area contributed by atoms with Gasteiger partial charge in [-0.05, 0) is 40.2 Å². The Morgan fingerprint density at radius 1 is 1.19 bits per heavy atom. The van der Waals surface area contributed by atoms with Crippen molar-refractivity contribution in [2.24, 2.45) is 11.7 Å². The Hall–Kier alpha value is -2.66. The number of esters is 1. The Morgan fingerprint density at radius 2 is 1.88 bits per heavy atom. The fraction of sp³-hybridized carbons (Fsp3) is 0.333. The fourth-order valence-electron chi connectivity index (χ4n) is 3.44. The SMILES string of the molecule is CC[C@H](C)[C@](N)(C(=O)O)C(=O)OCc1cccc2c1Cc1ccccc1-2. The number of benzene rings is 2. The molecule has 2 aromatic rings. The van der Waals surface area contributed by atoms with Crippen molar-refractivity contribution >= 4 is 11.9 Å². The predicted molar refractivity (Wildman–Crippen MR) is 98.5 cm³/mol. The first-order chi connectivity index (χ1) is 12.4. The Labute approximate surface area is 152 Å². The van der Waals surface area contributed by atoms with Crippen LogP contribution in [0.5, 0.6) is 0 Å². The quantitative estimate of drug-likeness (QED) is 0.525. The van der Waals surface area contributed by atoms with Gasteiger partial charge in [0, 0.05) is 0 Å². The Kier molecular flexibility index (Phi) is 4.83. The minimum Gasteiger partial charge on any atom is -0.479 e. The molecular weight excluding hydrogens is 330 g/mol. The van der Waals surface area contributed by atoms with Gasteiger partial charge in [-0.3, -0.25) is 0 Å². The van der Waals surface area contributed by atoms with Crippen molar-refractivity contribution in [2.45, 2.75) is 38.8 Å². The molecule has 0 aromatic heterocycles. The van der Waals surface area contributed by atoms with E-state index in [4.69, 9.17) is 10.5 Å². The molecule has 0 aliphatic heterocycles. The first-order valence-electron chi connectivity index (χ1n) is 8.78. The summed E-state index contributed by atoms with van der Waals surface area (Å²) in [6, 6.07) is 14.1. The van der Waals surface area contributed by atoms with Gasteiger partial charge >= 0.3 is 11.9 Å². The van der Waals surface area contributed by atoms with Gasteiger partial charge in [0.05, 0.1) is 0 Å². The van der Waals surface area contributed by atoms with Crippen molar-refractivity contribution in [3.05, 3.63) is 59.2 Å². The zero-order chi connectivity index (χ0) is 18.9. The zero-order valence-electron chi connectivity index (χ0n) is 15.0. The Balaban J connectivity index is 1.82. The van der Waals surface area contributed by atoms with Crippen molar-refractivity contribution in [2.75, 3.05) is 0 Å². The molecule has 0 saturated heterocycles. The van der Waals surface area contributed by atoms with E-state index in [0.717, 1.165) is 23.1 Å². The molecule has 0 fully saturated rings. The highest BCUT2D eigenvalue weighted by Crippen LogP contribution is 2.38. The van der Waals surface area contributed by atoms with Crippen molar-refractivity contribution in [1.29, 1.82) is 0 Å². The number of carboxylic acid groups (broad SMARTS) is 1. The highest BCUT2D eigenvalue weighted by atomic mass is 16.5. The lowest BCUT2D eigenvalue weighted by molar-refractivity contribution is -0.164. The largest absolute Gasteiger partial charge is 0.479 e. The second kappa shape index (κ2) is 6.92. The van der Waals surface area contributed by atoms with Gasteiger partial charge in [-0.1, -0.05) is 62.7 Å². The predicted octanol–water partition coefficient (Wildman–Crippen LogP) is 3.13. The molecular formula is C21H23NO4. The maximum atomic E-state index is 12.5. The van der Waals surface area contributed by atoms with E-state index in [1.165, 1.54) is 11.1 Å². The second-order valence-electron chi connectivity index (χ2n) is 6.84. The summed E-state index contributed by atoms with van der Waals surface area (Å²) in [5.74, 6) is -2.78. The highest BCUT2D eigenvalue weighted by molar-refractivity contribution is 6.04. The summed E-state index contributed by atoms with van der Waals surface area (Å²) in [4.78, 5) is 24.1. The van der Waals surface area contributed by atoms with Crippen molar-refractivity contribution in [3.8, 4) is 11.1 Å². The summed E-state index contributed by atoms with van der Waals surface area (Å²) >= 11 is 0. The summed E-state index contributed by atoms with van der Waals surface area (Å²) in [7, 11) is 0. The van der Waals surface area contributed by atoms with Crippen LogP contribution in [0.1, 0.15) is 37.0 Å². The number of carbonyl (C=O) groups is 2. The van der Waals surface area contributed by atoms with E-state index >= 15 is 0 Å². The molecule has 0 heterocycles. The lowest BCUT2D eigenvalue weighted by atomic mass is 9.84. The lowest BCUT2D eigenvalue weighted by Crippen LogP contribution is -2.60. The molecule has 5 nitrogen and oxygen atoms in total. The number of ether oxygens (including phenoxy) is 1. The van der Waals surface area contributed by atoms with Gasteiger partial charge in [0.1, 0.15) is 6.61 Å². The van der Waals surface area contributed by atoms with Crippen LogP contribution in [0.25, 0.3) is 11.1 Å². The van der Waals surface area contributed by atoms with Crippen molar-refractivity contribution < 1.29 is 19.4 Å². The molecule has 0 spiro atoms. The molecule has 1 aliphatic rings. The molecule has 5 heteroatoms. The summed E-state index contributed by atoms with van der Waals surface area (Å²) in [5, 5.41) is 9.45. The molecule has 26 heavy (non-hydrogen) atoms. The van der Waals surface area contributed by atoms with Crippen LogP contribution in [0.15, 0.2) is 42.5 Å². The number of carbonyl (C=O) groups excluding carboxylic acids is 1. The fourth-order valence-corrected chi connectivity index (χ4v) is 3.44. The van der Waals surface area contributed by atoms with E-state index in [0.29, 0.717) is 6.42 Å². The van der Waals surface area contributed by atoms with E-state index in [1.54, 1.807) is 13.8 Å². The molecule has 0 saturated carbocycles. The number of fused-ring (bicyclic) bond motifs is 3. The maximum Gasteiger partial charge on any atom is 0.338 e. The topological polar surface area (TPSA) is 89.6 Å². The van der Waals surface area contributed by atoms with E-state index in [9.17, 15) is 14.7 Å². The van der Waals surface area contributed by atoms with Crippen LogP contribution < -0.4 is 5.73 Å². The zero-order valence-corrected chi connectivity index (χ0v) is 15.0. The number of nitrogens with two attached hydrogens (primary N) is 1. The first-order valence-corrected chi connectivity index (χ1v) is 8.78. The minimum absolute atomic E-state index is 0.0126. The molecule has 1 aliphatic carbocycles. The van der Waals surface area contributed by atoms with Crippen molar-refractivity contribution in [1.82, 2.24) is 0 Å². The van der Waals surface area contributed by atoms with Crippen LogP contribution >= 0.6 is 0 Å². The third-order valence-corrected chi connectivity index (χ3v) is 5.39. The number of hydrogen-bond acceptors (Lipinski definition) is 4. The van der Waals surface area contributed by atoms with Gasteiger partial charge in [0.2, 0.25) is 5.54 Å². The van der Waals surface area contributed by atoms with Crippen LogP contribution in [0.4, 0.5) is 0 Å². The van der Waals surface area contributed by atoms with Crippen LogP contribution in [-0.2, 0) is 27.4 Å². The van der Waals surface area contributed by atoms with Gasteiger partial charge in [0.15, 0.2) is 0 Å². The van der Waals surface area contributed by atoms with Crippen LogP contribution in [0, 0.1) is 5.92 Å². The molecule has 0 unspecified atom stereocenters. The summed E-state index contributed by atoms with van der Waals surface area (Å²) in [6.07, 6.45) is 1.24. The summed E-state index contributed by atoms with van der Waals surface area (Å²) < 4.78 is 5.36. The number of aliphatic carboxylic acids is 1. The third kappa shape index (κ3) is 2.88. The van der Waals surface area contributed by atoms with E-state index < -0.39 is 23.4 Å². The van der Waals surface area contributed by atoms with Crippen LogP contribution in [0.3, 0.4) is 0 Å². The van der Waals surface area contributed by atoms with Gasteiger partial charge in [-0.15, -0.1) is 0 Å². The molecule has 0 bridgehead atoms. The Bertz CT molecular complexity index is 861. The summed E-state index contributed by atoms with van der Waals surface area (Å²) in [6.45, 7) is 3.45. The smallest absolute Gasteiger partial charge is 0.338 e. The van der Waals surface area contributed by atoms with Crippen molar-refractivity contribution in [3.63, 3.8) is 0 Å². The van der Waals surface area contributed by atoms with Gasteiger partial charge in [-0.25, -0.2) is 9.59 Å². The van der Waals surface area contributed by atoms with Gasteiger partial charge in [0.25, 0.3) is 0 Å². The average Bonchev–Trinajstić information content (AvgIpc) is 3.03. The molecule has 0 radical (unpaired) electrons. The van der Waals surface area contributed by atoms with E-state index in [2.05, 4.69) is 18.2 Å². The van der Waals surface area contributed by atoms with Crippen LogP contribution in [0.2, 0.25) is 0 Å². The second-order valence-corrected chi connectivity index (χ2v) is 6.84. The molecule has 2 aromatic carbocycles. The Morgan fingerprint density at radius 3 is 2.58 bits per heavy atom. The highest BCUT2D eigenvalue weighted by Gasteiger charge is 2.48. The summed E-state index contributed by atoms with van der Waals surface area (Å²) in [5.41, 5.74) is 9.43. The maximum absolute atomic E-state index is 12.5. The van der Waals surface area contributed by atoms with Crippen LogP contribution in [-0.4, -0.2) is 22.6 Å². The molecule has 3 N–H and O–H groups in total. The van der Waals surface area contributed by atoms with E-state index in [-0.39, 0.29) is 6.61 Å². The molecule has 136 valence electrons. The first kappa shape index (κ1) is 18.1. The number of rotatable bonds is 6. The third-order valence-electron chi connectivity index (χ3n) is 5.39. The monoisotopic (exact) mass is 353 g/mol. The number of hydrogen-bond donors (Lipinski definition) is 2. The lowest BCUT2D eigenvalue weighted by Gasteiger charge is -2.28. The average molecular weight is 353 g/mol. The normalized spacial score (nSPS) is 15.5. The standard InChI is InChI=1S/C21H23NO4/c1-3-13(2)21(22,19(23)24)20(25)26-12-15-8-6-10-17-16-9-5-4-7-14(16)11-18(15)17/h4-10,13H,3,11-12,22H2,1-2H3,(H,23,24)/t13-,21-/m0/s1. The minimum atomic E-state index is -2.03. The van der Waals surface area contributed by atoms with E-state index in [1.807, 2.05) is 24.3 Å².